The second kappa shape index (κ2) is 10.8. The van der Waals surface area contributed by atoms with Crippen LogP contribution in [0.4, 0.5) is 0 Å². The highest BCUT2D eigenvalue weighted by Gasteiger charge is 2.31. The molecule has 1 aliphatic rings. The molecular formula is C20H35N3OS. The number of hydrogen-bond acceptors (Lipinski definition) is 3. The minimum absolute atomic E-state index is 0.206. The Morgan fingerprint density at radius 3 is 2.76 bits per heavy atom. The zero-order valence-corrected chi connectivity index (χ0v) is 16.7. The van der Waals surface area contributed by atoms with Crippen molar-refractivity contribution < 1.29 is 5.11 Å². The van der Waals surface area contributed by atoms with Crippen molar-refractivity contribution in [2.24, 2.45) is 16.3 Å². The number of guanidine groups is 1. The highest BCUT2D eigenvalue weighted by Crippen LogP contribution is 2.39. The standard InChI is InChI=1S/C20H35N3OS/c1-3-21-19(22-15-17(2)14-18-8-7-13-25-18)23-16-20(11-12-24)9-5-4-6-10-20/h7-8,13,17,24H,3-6,9-12,14-16H2,1-2H3,(H2,21,22,23). The molecule has 142 valence electrons. The highest BCUT2D eigenvalue weighted by molar-refractivity contribution is 7.09. The van der Waals surface area contributed by atoms with Gasteiger partial charge in [-0.1, -0.05) is 32.3 Å². The number of nitrogens with one attached hydrogen (secondary N) is 2. The third-order valence-corrected chi connectivity index (χ3v) is 6.12. The molecule has 0 aromatic carbocycles. The number of rotatable bonds is 9. The van der Waals surface area contributed by atoms with E-state index in [1.165, 1.54) is 37.0 Å². The molecule has 0 aliphatic heterocycles. The SMILES string of the molecule is CCNC(=NCC1(CCO)CCCCC1)NCC(C)Cc1cccs1. The third-order valence-electron chi connectivity index (χ3n) is 5.22. The molecule has 3 N–H and O–H groups in total. The molecule has 0 saturated heterocycles. The van der Waals surface area contributed by atoms with Gasteiger partial charge in [-0.25, -0.2) is 0 Å². The molecule has 0 bridgehead atoms. The molecule has 0 radical (unpaired) electrons. The van der Waals surface area contributed by atoms with Crippen molar-refractivity contribution in [1.29, 1.82) is 0 Å². The average Bonchev–Trinajstić information content (AvgIpc) is 3.11. The van der Waals surface area contributed by atoms with E-state index in [-0.39, 0.29) is 12.0 Å². The van der Waals surface area contributed by atoms with E-state index in [1.807, 2.05) is 11.3 Å². The number of aliphatic hydroxyl groups excluding tert-OH is 1. The maximum atomic E-state index is 9.47. The summed E-state index contributed by atoms with van der Waals surface area (Å²) in [5.41, 5.74) is 0.206. The van der Waals surface area contributed by atoms with Gasteiger partial charge in [0.15, 0.2) is 5.96 Å². The van der Waals surface area contributed by atoms with Gasteiger partial charge >= 0.3 is 0 Å². The molecule has 1 aromatic heterocycles. The van der Waals surface area contributed by atoms with Gasteiger partial charge in [-0.3, -0.25) is 4.99 Å². The molecule has 1 aromatic rings. The van der Waals surface area contributed by atoms with Crippen molar-refractivity contribution in [3.63, 3.8) is 0 Å². The van der Waals surface area contributed by atoms with Crippen LogP contribution in [0.25, 0.3) is 0 Å². The van der Waals surface area contributed by atoms with Crippen LogP contribution in [0.3, 0.4) is 0 Å². The lowest BCUT2D eigenvalue weighted by molar-refractivity contribution is 0.137. The van der Waals surface area contributed by atoms with Crippen molar-refractivity contribution >= 4 is 17.3 Å². The Morgan fingerprint density at radius 1 is 1.32 bits per heavy atom. The topological polar surface area (TPSA) is 56.7 Å². The van der Waals surface area contributed by atoms with Crippen LogP contribution in [-0.4, -0.2) is 37.3 Å². The largest absolute Gasteiger partial charge is 0.396 e. The summed E-state index contributed by atoms with van der Waals surface area (Å²) in [5, 5.41) is 18.5. The van der Waals surface area contributed by atoms with E-state index >= 15 is 0 Å². The van der Waals surface area contributed by atoms with Crippen LogP contribution in [0.5, 0.6) is 0 Å². The summed E-state index contributed by atoms with van der Waals surface area (Å²) in [6.07, 6.45) is 8.27. The lowest BCUT2D eigenvalue weighted by atomic mass is 9.72. The summed E-state index contributed by atoms with van der Waals surface area (Å²) in [6.45, 7) is 7.29. The van der Waals surface area contributed by atoms with E-state index in [4.69, 9.17) is 4.99 Å². The molecule has 0 amide bonds. The van der Waals surface area contributed by atoms with Crippen LogP contribution in [0.1, 0.15) is 57.2 Å². The van der Waals surface area contributed by atoms with E-state index in [0.29, 0.717) is 5.92 Å². The van der Waals surface area contributed by atoms with Crippen LogP contribution in [0.15, 0.2) is 22.5 Å². The Labute approximate surface area is 157 Å². The normalized spacial score (nSPS) is 18.8. The zero-order chi connectivity index (χ0) is 18.0. The zero-order valence-electron chi connectivity index (χ0n) is 15.9. The molecule has 25 heavy (non-hydrogen) atoms. The van der Waals surface area contributed by atoms with Gasteiger partial charge in [-0.2, -0.15) is 0 Å². The van der Waals surface area contributed by atoms with E-state index in [0.717, 1.165) is 38.4 Å². The first-order valence-electron chi connectivity index (χ1n) is 9.83. The van der Waals surface area contributed by atoms with Gasteiger partial charge in [0, 0.05) is 31.1 Å². The van der Waals surface area contributed by atoms with Gasteiger partial charge in [0.2, 0.25) is 0 Å². The summed E-state index contributed by atoms with van der Waals surface area (Å²) < 4.78 is 0. The molecule has 1 atom stereocenters. The highest BCUT2D eigenvalue weighted by atomic mass is 32.1. The van der Waals surface area contributed by atoms with Gasteiger partial charge in [0.25, 0.3) is 0 Å². The lowest BCUT2D eigenvalue weighted by Crippen LogP contribution is -2.41. The second-order valence-corrected chi connectivity index (χ2v) is 8.53. The molecule has 1 unspecified atom stereocenters. The fraction of sp³-hybridized carbons (Fsp3) is 0.750. The molecular weight excluding hydrogens is 330 g/mol. The van der Waals surface area contributed by atoms with Crippen molar-refractivity contribution in [1.82, 2.24) is 10.6 Å². The fourth-order valence-electron chi connectivity index (χ4n) is 3.73. The first kappa shape index (κ1) is 20.2. The minimum Gasteiger partial charge on any atom is -0.396 e. The lowest BCUT2D eigenvalue weighted by Gasteiger charge is -2.35. The van der Waals surface area contributed by atoms with E-state index in [1.54, 1.807) is 0 Å². The van der Waals surface area contributed by atoms with E-state index in [9.17, 15) is 5.11 Å². The smallest absolute Gasteiger partial charge is 0.191 e. The third kappa shape index (κ3) is 6.98. The number of hydrogen-bond donors (Lipinski definition) is 3. The van der Waals surface area contributed by atoms with Gasteiger partial charge in [-0.05, 0) is 55.4 Å². The minimum atomic E-state index is 0.206. The number of nitrogens with zero attached hydrogens (tertiary/aromatic N) is 1. The fourth-order valence-corrected chi connectivity index (χ4v) is 4.60. The van der Waals surface area contributed by atoms with E-state index < -0.39 is 0 Å². The van der Waals surface area contributed by atoms with Crippen LogP contribution in [-0.2, 0) is 6.42 Å². The Kier molecular flexibility index (Phi) is 8.76. The Morgan fingerprint density at radius 2 is 2.12 bits per heavy atom. The first-order chi connectivity index (χ1) is 12.2. The molecule has 5 heteroatoms. The van der Waals surface area contributed by atoms with Crippen molar-refractivity contribution in [3.8, 4) is 0 Å². The van der Waals surface area contributed by atoms with Gasteiger partial charge in [0.1, 0.15) is 0 Å². The number of aliphatic imine (C=N–C) groups is 1. The maximum Gasteiger partial charge on any atom is 0.191 e. The molecule has 1 heterocycles. The monoisotopic (exact) mass is 365 g/mol. The summed E-state index contributed by atoms with van der Waals surface area (Å²) in [7, 11) is 0. The van der Waals surface area contributed by atoms with Crippen molar-refractivity contribution in [2.75, 3.05) is 26.2 Å². The van der Waals surface area contributed by atoms with Crippen LogP contribution < -0.4 is 10.6 Å². The summed E-state index contributed by atoms with van der Waals surface area (Å²) in [5.74, 6) is 1.49. The first-order valence-corrected chi connectivity index (χ1v) is 10.7. The van der Waals surface area contributed by atoms with Crippen LogP contribution in [0.2, 0.25) is 0 Å². The molecule has 1 saturated carbocycles. The maximum absolute atomic E-state index is 9.47. The Hall–Kier alpha value is -1.07. The summed E-state index contributed by atoms with van der Waals surface area (Å²) >= 11 is 1.83. The molecule has 1 fully saturated rings. The summed E-state index contributed by atoms with van der Waals surface area (Å²) in [4.78, 5) is 6.33. The molecule has 4 nitrogen and oxygen atoms in total. The van der Waals surface area contributed by atoms with E-state index in [2.05, 4.69) is 42.0 Å². The van der Waals surface area contributed by atoms with Gasteiger partial charge < -0.3 is 15.7 Å². The predicted molar refractivity (Wildman–Crippen MR) is 108 cm³/mol. The molecule has 1 aliphatic carbocycles. The van der Waals surface area contributed by atoms with Crippen LogP contribution >= 0.6 is 11.3 Å². The van der Waals surface area contributed by atoms with Crippen molar-refractivity contribution in [3.05, 3.63) is 22.4 Å². The predicted octanol–water partition coefficient (Wildman–Crippen LogP) is 3.81. The second-order valence-electron chi connectivity index (χ2n) is 7.50. The quantitative estimate of drug-likeness (QED) is 0.461. The number of thiophene rings is 1. The van der Waals surface area contributed by atoms with Crippen molar-refractivity contribution in [2.45, 2.75) is 58.8 Å². The van der Waals surface area contributed by atoms with Crippen LogP contribution in [0, 0.1) is 11.3 Å². The molecule has 0 spiro atoms. The summed E-state index contributed by atoms with van der Waals surface area (Å²) in [6, 6.07) is 4.33. The average molecular weight is 366 g/mol. The molecule has 2 rings (SSSR count). The number of aliphatic hydroxyl groups is 1. The Balaban J connectivity index is 1.87. The van der Waals surface area contributed by atoms with Gasteiger partial charge in [0.05, 0.1) is 0 Å². The van der Waals surface area contributed by atoms with Gasteiger partial charge in [-0.15, -0.1) is 11.3 Å². The Bertz CT molecular complexity index is 490.